The predicted molar refractivity (Wildman–Crippen MR) is 105 cm³/mol. The predicted octanol–water partition coefficient (Wildman–Crippen LogP) is 3.29. The Morgan fingerprint density at radius 1 is 1.34 bits per heavy atom. The Labute approximate surface area is 170 Å². The smallest absolute Gasteiger partial charge is 0.239 e. The number of halogens is 4. The molecule has 29 heavy (non-hydrogen) atoms. The second-order valence-corrected chi connectivity index (χ2v) is 9.12. The van der Waals surface area contributed by atoms with Crippen LogP contribution < -0.4 is 5.73 Å². The van der Waals surface area contributed by atoms with Crippen molar-refractivity contribution in [3.05, 3.63) is 63.9 Å². The van der Waals surface area contributed by atoms with Gasteiger partial charge in [0.15, 0.2) is 11.6 Å². The monoisotopic (exact) mass is 444 g/mol. The number of hydrogen-bond donors (Lipinski definition) is 1. The molecule has 1 unspecified atom stereocenters. The van der Waals surface area contributed by atoms with E-state index in [0.29, 0.717) is 5.02 Å². The third-order valence-electron chi connectivity index (χ3n) is 4.46. The van der Waals surface area contributed by atoms with Crippen LogP contribution in [0, 0.1) is 11.6 Å². The van der Waals surface area contributed by atoms with E-state index < -0.39 is 38.8 Å². The van der Waals surface area contributed by atoms with Gasteiger partial charge in [0.2, 0.25) is 16.0 Å². The van der Waals surface area contributed by atoms with Gasteiger partial charge in [-0.15, -0.1) is 0 Å². The molecule has 1 aliphatic heterocycles. The average Bonchev–Trinajstić information content (AvgIpc) is 2.62. The van der Waals surface area contributed by atoms with Gasteiger partial charge in [0, 0.05) is 18.8 Å². The first kappa shape index (κ1) is 21.1. The zero-order valence-corrected chi connectivity index (χ0v) is 16.9. The summed E-state index contributed by atoms with van der Waals surface area (Å²) in [7, 11) is -2.70. The molecule has 0 aliphatic carbocycles. The van der Waals surface area contributed by atoms with Crippen LogP contribution in [0.4, 0.5) is 13.2 Å². The number of nitrogens with two attached hydrogens (primary N) is 1. The van der Waals surface area contributed by atoms with Crippen LogP contribution in [0.3, 0.4) is 0 Å². The van der Waals surface area contributed by atoms with Crippen LogP contribution in [0.1, 0.15) is 23.7 Å². The van der Waals surface area contributed by atoms with Crippen LogP contribution in [0.2, 0.25) is 5.02 Å². The SMILES string of the molecule is CN1C(N)=NC(C)(c2cc(C=C(F)c3ccc(Cl)cn3)cc(F)c2F)CS1(=O)=O. The van der Waals surface area contributed by atoms with Crippen molar-refractivity contribution in [2.75, 3.05) is 12.8 Å². The van der Waals surface area contributed by atoms with Crippen molar-refractivity contribution in [2.45, 2.75) is 12.5 Å². The van der Waals surface area contributed by atoms with Crippen LogP contribution in [-0.4, -0.2) is 36.5 Å². The van der Waals surface area contributed by atoms with Crippen molar-refractivity contribution in [1.82, 2.24) is 9.29 Å². The minimum absolute atomic E-state index is 0.0422. The van der Waals surface area contributed by atoms with Crippen LogP contribution in [-0.2, 0) is 15.6 Å². The standard InChI is InChI=1S/C18H16ClF3N4O2S/c1-18(9-29(27,28)26(2)17(23)25-18)12-5-10(7-14(21)16(12)22)6-13(20)15-4-3-11(19)8-24-15/h3-8H,9H2,1-2H3,(H2,23,25). The maximum atomic E-state index is 14.6. The van der Waals surface area contributed by atoms with Crippen LogP contribution in [0.15, 0.2) is 35.5 Å². The molecule has 0 spiro atoms. The highest BCUT2D eigenvalue weighted by Gasteiger charge is 2.42. The number of hydrogen-bond acceptors (Lipinski definition) is 5. The van der Waals surface area contributed by atoms with E-state index in [-0.39, 0.29) is 22.8 Å². The van der Waals surface area contributed by atoms with E-state index in [1.54, 1.807) is 0 Å². The number of sulfonamides is 1. The van der Waals surface area contributed by atoms with Gasteiger partial charge in [0.25, 0.3) is 0 Å². The minimum Gasteiger partial charge on any atom is -0.369 e. The maximum Gasteiger partial charge on any atom is 0.239 e. The van der Waals surface area contributed by atoms with Crippen molar-refractivity contribution in [2.24, 2.45) is 10.7 Å². The van der Waals surface area contributed by atoms with Crippen LogP contribution in [0.5, 0.6) is 0 Å². The van der Waals surface area contributed by atoms with Gasteiger partial charge >= 0.3 is 0 Å². The van der Waals surface area contributed by atoms with Crippen molar-refractivity contribution in [3.63, 3.8) is 0 Å². The third kappa shape index (κ3) is 4.08. The van der Waals surface area contributed by atoms with Crippen molar-refractivity contribution in [1.29, 1.82) is 0 Å². The van der Waals surface area contributed by atoms with E-state index in [1.807, 2.05) is 0 Å². The number of rotatable bonds is 3. The van der Waals surface area contributed by atoms with E-state index in [9.17, 15) is 21.6 Å². The highest BCUT2D eigenvalue weighted by molar-refractivity contribution is 7.89. The maximum absolute atomic E-state index is 14.6. The Hall–Kier alpha value is -2.59. The summed E-state index contributed by atoms with van der Waals surface area (Å²) in [6.07, 6.45) is 2.19. The molecule has 154 valence electrons. The summed E-state index contributed by atoms with van der Waals surface area (Å²) >= 11 is 5.71. The number of benzene rings is 1. The van der Waals surface area contributed by atoms with Gasteiger partial charge in [0.1, 0.15) is 11.4 Å². The molecule has 6 nitrogen and oxygen atoms in total. The Balaban J connectivity index is 2.11. The lowest BCUT2D eigenvalue weighted by atomic mass is 9.92. The number of nitrogens with zero attached hydrogens (tertiary/aromatic N) is 3. The lowest BCUT2D eigenvalue weighted by Gasteiger charge is -2.34. The van der Waals surface area contributed by atoms with E-state index >= 15 is 0 Å². The zero-order valence-electron chi connectivity index (χ0n) is 15.3. The highest BCUT2D eigenvalue weighted by atomic mass is 35.5. The molecule has 2 heterocycles. The summed E-state index contributed by atoms with van der Waals surface area (Å²) in [6, 6.07) is 4.67. The van der Waals surface area contributed by atoms with Crippen LogP contribution >= 0.6 is 11.6 Å². The topological polar surface area (TPSA) is 88.7 Å². The normalized spacial score (nSPS) is 21.8. The lowest BCUT2D eigenvalue weighted by Crippen LogP contribution is -2.50. The van der Waals surface area contributed by atoms with Gasteiger partial charge in [-0.25, -0.2) is 30.9 Å². The molecule has 1 aromatic heterocycles. The van der Waals surface area contributed by atoms with E-state index in [1.165, 1.54) is 32.3 Å². The zero-order chi connectivity index (χ0) is 21.6. The summed E-state index contributed by atoms with van der Waals surface area (Å²) in [6.45, 7) is 1.31. The van der Waals surface area contributed by atoms with E-state index in [2.05, 4.69) is 9.98 Å². The van der Waals surface area contributed by atoms with Crippen LogP contribution in [0.25, 0.3) is 11.9 Å². The number of guanidine groups is 1. The second kappa shape index (κ2) is 7.34. The summed E-state index contributed by atoms with van der Waals surface area (Å²) < 4.78 is 68.7. The van der Waals surface area contributed by atoms with Crippen molar-refractivity contribution < 1.29 is 21.6 Å². The molecule has 0 amide bonds. The molecule has 11 heteroatoms. The first-order valence-corrected chi connectivity index (χ1v) is 10.2. The van der Waals surface area contributed by atoms with E-state index in [0.717, 1.165) is 22.5 Å². The number of pyridine rings is 1. The largest absolute Gasteiger partial charge is 0.369 e. The first-order chi connectivity index (χ1) is 13.4. The highest BCUT2D eigenvalue weighted by Crippen LogP contribution is 2.35. The van der Waals surface area contributed by atoms with Gasteiger partial charge in [0.05, 0.1) is 16.5 Å². The van der Waals surface area contributed by atoms with Gasteiger partial charge in [-0.3, -0.25) is 4.98 Å². The van der Waals surface area contributed by atoms with E-state index in [4.69, 9.17) is 17.3 Å². The number of aromatic nitrogens is 1. The minimum atomic E-state index is -3.90. The first-order valence-electron chi connectivity index (χ1n) is 8.23. The molecule has 0 radical (unpaired) electrons. The molecule has 2 aromatic rings. The molecular weight excluding hydrogens is 429 g/mol. The second-order valence-electron chi connectivity index (χ2n) is 6.69. The van der Waals surface area contributed by atoms with Gasteiger partial charge in [-0.05, 0) is 42.8 Å². The summed E-state index contributed by atoms with van der Waals surface area (Å²) in [5.41, 5.74) is 3.49. The molecule has 0 fully saturated rings. The molecule has 1 atom stereocenters. The molecule has 0 saturated carbocycles. The fourth-order valence-electron chi connectivity index (χ4n) is 2.91. The summed E-state index contributed by atoms with van der Waals surface area (Å²) in [5.74, 6) is -4.39. The fraction of sp³-hybridized carbons (Fsp3) is 0.222. The van der Waals surface area contributed by atoms with Gasteiger partial charge in [-0.1, -0.05) is 11.6 Å². The average molecular weight is 445 g/mol. The summed E-state index contributed by atoms with van der Waals surface area (Å²) in [5, 5.41) is 0.309. The Kier molecular flexibility index (Phi) is 5.35. The van der Waals surface area contributed by atoms with Crippen molar-refractivity contribution >= 4 is 39.5 Å². The molecule has 2 N–H and O–H groups in total. The molecule has 0 bridgehead atoms. The molecule has 1 aliphatic rings. The lowest BCUT2D eigenvalue weighted by molar-refractivity contribution is 0.435. The summed E-state index contributed by atoms with van der Waals surface area (Å²) in [4.78, 5) is 7.86. The Bertz CT molecular complexity index is 1140. The molecular formula is C18H16ClF3N4O2S. The number of aliphatic imine (C=N–C) groups is 1. The van der Waals surface area contributed by atoms with Crippen molar-refractivity contribution in [3.8, 4) is 0 Å². The molecule has 3 rings (SSSR count). The Morgan fingerprint density at radius 3 is 2.62 bits per heavy atom. The van der Waals surface area contributed by atoms with Gasteiger partial charge in [-0.2, -0.15) is 0 Å². The third-order valence-corrected chi connectivity index (χ3v) is 6.63. The van der Waals surface area contributed by atoms with Gasteiger partial charge < -0.3 is 5.73 Å². The molecule has 1 aromatic carbocycles. The quantitative estimate of drug-likeness (QED) is 0.786. The molecule has 0 saturated heterocycles. The fourth-order valence-corrected chi connectivity index (χ4v) is 4.47. The Morgan fingerprint density at radius 2 is 2.03 bits per heavy atom.